The van der Waals surface area contributed by atoms with Gasteiger partial charge in [0.1, 0.15) is 4.88 Å². The number of hydrogen-bond donors (Lipinski definition) is 0. The van der Waals surface area contributed by atoms with E-state index in [0.717, 1.165) is 16.0 Å². The lowest BCUT2D eigenvalue weighted by molar-refractivity contribution is 0.0702. The first-order chi connectivity index (χ1) is 11.0. The van der Waals surface area contributed by atoms with Crippen LogP contribution in [0.2, 0.25) is 0 Å². The van der Waals surface area contributed by atoms with Gasteiger partial charge in [0.2, 0.25) is 10.0 Å². The van der Waals surface area contributed by atoms with Crippen LogP contribution in [-0.2, 0) is 10.0 Å². The van der Waals surface area contributed by atoms with Crippen LogP contribution in [0.4, 0.5) is 0 Å². The van der Waals surface area contributed by atoms with Gasteiger partial charge in [0, 0.05) is 30.7 Å². The van der Waals surface area contributed by atoms with E-state index in [1.54, 1.807) is 29.2 Å². The van der Waals surface area contributed by atoms with E-state index in [0.29, 0.717) is 18.0 Å². The zero-order valence-electron chi connectivity index (χ0n) is 11.9. The van der Waals surface area contributed by atoms with Crippen molar-refractivity contribution in [2.75, 3.05) is 26.2 Å². The smallest absolute Gasteiger partial charge is 0.267 e. The van der Waals surface area contributed by atoms with Crippen LogP contribution in [0, 0.1) is 0 Å². The van der Waals surface area contributed by atoms with Crippen molar-refractivity contribution in [1.82, 2.24) is 18.8 Å². The zero-order chi connectivity index (χ0) is 16.4. The maximum absolute atomic E-state index is 12.6. The van der Waals surface area contributed by atoms with Crippen molar-refractivity contribution in [3.8, 4) is 0 Å². The standard InChI is InChI=1S/C13H13BrN4O3S2/c14-10-1-3-11(4-2-10)23(20,21)18-7-5-17(6-8-18)13(19)12-9-15-16-22-12/h1-4,9H,5-8H2. The number of carbonyl (C=O) groups excluding carboxylic acids is 1. The van der Waals surface area contributed by atoms with Gasteiger partial charge in [-0.1, -0.05) is 20.4 Å². The highest BCUT2D eigenvalue weighted by molar-refractivity contribution is 9.10. The molecule has 23 heavy (non-hydrogen) atoms. The maximum Gasteiger partial charge on any atom is 0.267 e. The summed E-state index contributed by atoms with van der Waals surface area (Å²) in [5, 5.41) is 3.65. The van der Waals surface area contributed by atoms with Crippen LogP contribution in [-0.4, -0.2) is 59.3 Å². The van der Waals surface area contributed by atoms with Crippen LogP contribution >= 0.6 is 27.5 Å². The van der Waals surface area contributed by atoms with Gasteiger partial charge >= 0.3 is 0 Å². The summed E-state index contributed by atoms with van der Waals surface area (Å²) in [6, 6.07) is 6.53. The minimum absolute atomic E-state index is 0.152. The number of rotatable bonds is 3. The van der Waals surface area contributed by atoms with E-state index in [1.165, 1.54) is 10.5 Å². The third kappa shape index (κ3) is 3.44. The highest BCUT2D eigenvalue weighted by Gasteiger charge is 2.30. The van der Waals surface area contributed by atoms with Gasteiger partial charge < -0.3 is 4.90 Å². The zero-order valence-corrected chi connectivity index (χ0v) is 15.1. The summed E-state index contributed by atoms with van der Waals surface area (Å²) in [4.78, 5) is 14.6. The third-order valence-corrected chi connectivity index (χ3v) is 6.64. The molecular formula is C13H13BrN4O3S2. The fourth-order valence-corrected chi connectivity index (χ4v) is 4.47. The topological polar surface area (TPSA) is 83.5 Å². The molecule has 0 bridgehead atoms. The van der Waals surface area contributed by atoms with Gasteiger partial charge in [0.15, 0.2) is 0 Å². The van der Waals surface area contributed by atoms with Gasteiger partial charge in [0.25, 0.3) is 5.91 Å². The van der Waals surface area contributed by atoms with E-state index in [-0.39, 0.29) is 23.9 Å². The van der Waals surface area contributed by atoms with Crippen LogP contribution < -0.4 is 0 Å². The van der Waals surface area contributed by atoms with Crippen molar-refractivity contribution in [2.24, 2.45) is 0 Å². The van der Waals surface area contributed by atoms with Crippen LogP contribution in [0.15, 0.2) is 39.8 Å². The molecule has 7 nitrogen and oxygen atoms in total. The number of benzene rings is 1. The van der Waals surface area contributed by atoms with Crippen molar-refractivity contribution in [1.29, 1.82) is 0 Å². The summed E-state index contributed by atoms with van der Waals surface area (Å²) in [6.45, 7) is 1.26. The van der Waals surface area contributed by atoms with Crippen LogP contribution in [0.5, 0.6) is 0 Å². The van der Waals surface area contributed by atoms with Gasteiger partial charge in [0.05, 0.1) is 11.1 Å². The number of hydrogen-bond acceptors (Lipinski definition) is 6. The van der Waals surface area contributed by atoms with Crippen LogP contribution in [0.3, 0.4) is 0 Å². The van der Waals surface area contributed by atoms with E-state index in [1.807, 2.05) is 0 Å². The predicted octanol–water partition coefficient (Wildman–Crippen LogP) is 1.45. The normalized spacial score (nSPS) is 16.5. The molecule has 1 saturated heterocycles. The minimum Gasteiger partial charge on any atom is -0.335 e. The molecule has 1 aromatic carbocycles. The molecule has 3 rings (SSSR count). The monoisotopic (exact) mass is 416 g/mol. The van der Waals surface area contributed by atoms with E-state index in [2.05, 4.69) is 25.5 Å². The SMILES string of the molecule is O=C(c1cnns1)N1CCN(S(=O)(=O)c2ccc(Br)cc2)CC1. The first-order valence-electron chi connectivity index (χ1n) is 6.81. The van der Waals surface area contributed by atoms with Crippen molar-refractivity contribution >= 4 is 43.4 Å². The lowest BCUT2D eigenvalue weighted by atomic mass is 10.3. The second-order valence-corrected chi connectivity index (χ2v) is 8.57. The Morgan fingerprint density at radius 2 is 1.78 bits per heavy atom. The molecule has 0 spiro atoms. The molecule has 1 aromatic heterocycles. The quantitative estimate of drug-likeness (QED) is 0.755. The average Bonchev–Trinajstić information content (AvgIpc) is 3.09. The first kappa shape index (κ1) is 16.5. The Kier molecular flexibility index (Phi) is 4.76. The van der Waals surface area contributed by atoms with Crippen molar-refractivity contribution in [2.45, 2.75) is 4.90 Å². The molecule has 0 unspecified atom stereocenters. The molecule has 122 valence electrons. The van der Waals surface area contributed by atoms with E-state index < -0.39 is 10.0 Å². The molecule has 10 heteroatoms. The number of amides is 1. The lowest BCUT2D eigenvalue weighted by Crippen LogP contribution is -2.50. The Balaban J connectivity index is 1.69. The van der Waals surface area contributed by atoms with Crippen LogP contribution in [0.1, 0.15) is 9.67 Å². The van der Waals surface area contributed by atoms with E-state index in [4.69, 9.17) is 0 Å². The highest BCUT2D eigenvalue weighted by atomic mass is 79.9. The molecule has 0 atom stereocenters. The summed E-state index contributed by atoms with van der Waals surface area (Å²) in [7, 11) is -3.53. The van der Waals surface area contributed by atoms with E-state index >= 15 is 0 Å². The molecule has 1 aliphatic rings. The summed E-state index contributed by atoms with van der Waals surface area (Å²) in [6.07, 6.45) is 1.43. The second kappa shape index (κ2) is 6.63. The van der Waals surface area contributed by atoms with E-state index in [9.17, 15) is 13.2 Å². The van der Waals surface area contributed by atoms with Gasteiger partial charge in [-0.2, -0.15) is 4.31 Å². The molecule has 2 aromatic rings. The van der Waals surface area contributed by atoms with Crippen LogP contribution in [0.25, 0.3) is 0 Å². The minimum atomic E-state index is -3.53. The Bertz CT molecular complexity index is 785. The molecular weight excluding hydrogens is 404 g/mol. The molecule has 1 amide bonds. The van der Waals surface area contributed by atoms with Gasteiger partial charge in [-0.15, -0.1) is 5.10 Å². The molecule has 0 N–H and O–H groups in total. The van der Waals surface area contributed by atoms with Gasteiger partial charge in [-0.25, -0.2) is 8.42 Å². The predicted molar refractivity (Wildman–Crippen MR) is 88.7 cm³/mol. The first-order valence-corrected chi connectivity index (χ1v) is 9.81. The van der Waals surface area contributed by atoms with Crippen molar-refractivity contribution < 1.29 is 13.2 Å². The maximum atomic E-state index is 12.6. The van der Waals surface area contributed by atoms with Crippen molar-refractivity contribution in [3.63, 3.8) is 0 Å². The Hall–Kier alpha value is -1.36. The van der Waals surface area contributed by atoms with Crippen molar-refractivity contribution in [3.05, 3.63) is 39.8 Å². The summed E-state index contributed by atoms with van der Waals surface area (Å²) < 4.78 is 31.1. The summed E-state index contributed by atoms with van der Waals surface area (Å²) >= 11 is 4.33. The second-order valence-electron chi connectivity index (χ2n) is 4.93. The fraction of sp³-hybridized carbons (Fsp3) is 0.308. The van der Waals surface area contributed by atoms with Gasteiger partial charge in [-0.05, 0) is 35.8 Å². The Morgan fingerprint density at radius 3 is 2.35 bits per heavy atom. The third-order valence-electron chi connectivity index (χ3n) is 3.55. The number of carbonyl (C=O) groups is 1. The lowest BCUT2D eigenvalue weighted by Gasteiger charge is -2.33. The number of nitrogens with zero attached hydrogens (tertiary/aromatic N) is 4. The number of sulfonamides is 1. The number of piperazine rings is 1. The highest BCUT2D eigenvalue weighted by Crippen LogP contribution is 2.20. The molecule has 0 saturated carbocycles. The fourth-order valence-electron chi connectivity index (χ4n) is 2.30. The summed E-state index contributed by atoms with van der Waals surface area (Å²) in [5.41, 5.74) is 0. The summed E-state index contributed by atoms with van der Waals surface area (Å²) in [5.74, 6) is -0.152. The molecule has 1 fully saturated rings. The molecule has 1 aliphatic heterocycles. The largest absolute Gasteiger partial charge is 0.335 e. The Morgan fingerprint density at radius 1 is 1.13 bits per heavy atom. The average molecular weight is 417 g/mol. The molecule has 2 heterocycles. The molecule has 0 radical (unpaired) electrons. The number of aromatic nitrogens is 2. The molecule has 0 aliphatic carbocycles. The number of halogens is 1. The Labute approximate surface area is 146 Å². The van der Waals surface area contributed by atoms with Gasteiger partial charge in [-0.3, -0.25) is 4.79 Å².